The molecule has 3 rings (SSSR count). The standard InChI is InChI=1S/C20H22N2O3S2/c1-3-9-25-20(24)15(12-21)19-22(4-2)18(23)14-8-7-13(11-17(14)27-19)16-6-5-10-26-16/h3,5-6,10,13-14,17H,1,4,7-9,11H2,2H3/b19-15-. The highest BCUT2D eigenvalue weighted by molar-refractivity contribution is 8.03. The fourth-order valence-corrected chi connectivity index (χ4v) is 6.22. The third-order valence-corrected chi connectivity index (χ3v) is 7.51. The van der Waals surface area contributed by atoms with Crippen LogP contribution in [0.3, 0.4) is 0 Å². The molecule has 5 nitrogen and oxygen atoms in total. The summed E-state index contributed by atoms with van der Waals surface area (Å²) in [5.74, 6) is -0.307. The number of esters is 1. The molecule has 27 heavy (non-hydrogen) atoms. The number of fused-ring (bicyclic) bond motifs is 1. The van der Waals surface area contributed by atoms with Crippen molar-refractivity contribution in [1.82, 2.24) is 4.90 Å². The zero-order chi connectivity index (χ0) is 19.4. The molecule has 0 spiro atoms. The first-order chi connectivity index (χ1) is 13.1. The van der Waals surface area contributed by atoms with Crippen molar-refractivity contribution in [3.8, 4) is 6.07 Å². The first kappa shape index (κ1) is 19.7. The Morgan fingerprint density at radius 1 is 1.52 bits per heavy atom. The quantitative estimate of drug-likeness (QED) is 0.321. The van der Waals surface area contributed by atoms with Crippen molar-refractivity contribution < 1.29 is 14.3 Å². The maximum atomic E-state index is 13.1. The molecule has 0 N–H and O–H groups in total. The summed E-state index contributed by atoms with van der Waals surface area (Å²) in [6.45, 7) is 5.84. The van der Waals surface area contributed by atoms with Gasteiger partial charge in [0.1, 0.15) is 17.7 Å². The van der Waals surface area contributed by atoms with E-state index < -0.39 is 5.97 Å². The van der Waals surface area contributed by atoms with Crippen LogP contribution in [0.1, 0.15) is 37.0 Å². The number of hydrogen-bond donors (Lipinski definition) is 0. The van der Waals surface area contributed by atoms with Crippen LogP contribution in [0.2, 0.25) is 0 Å². The van der Waals surface area contributed by atoms with E-state index in [1.165, 1.54) is 22.7 Å². The van der Waals surface area contributed by atoms with Crippen LogP contribution < -0.4 is 0 Å². The highest BCUT2D eigenvalue weighted by atomic mass is 32.2. The lowest BCUT2D eigenvalue weighted by Gasteiger charge is -2.43. The third-order valence-electron chi connectivity index (χ3n) is 5.01. The fourth-order valence-electron chi connectivity index (χ4n) is 3.71. The molecule has 0 bridgehead atoms. The summed E-state index contributed by atoms with van der Waals surface area (Å²) in [5.41, 5.74) is -0.0891. The number of thiophene rings is 1. The van der Waals surface area contributed by atoms with Crippen LogP contribution in [-0.2, 0) is 14.3 Å². The van der Waals surface area contributed by atoms with Gasteiger partial charge in [-0.25, -0.2) is 4.79 Å². The Bertz CT molecular complexity index is 795. The van der Waals surface area contributed by atoms with Gasteiger partial charge in [0.15, 0.2) is 5.57 Å². The van der Waals surface area contributed by atoms with E-state index in [1.807, 2.05) is 13.0 Å². The molecule has 1 aromatic heterocycles. The van der Waals surface area contributed by atoms with Crippen molar-refractivity contribution in [2.75, 3.05) is 13.2 Å². The Morgan fingerprint density at radius 2 is 2.33 bits per heavy atom. The van der Waals surface area contributed by atoms with Crippen LogP contribution >= 0.6 is 23.1 Å². The number of carbonyl (C=O) groups is 2. The maximum Gasteiger partial charge on any atom is 0.351 e. The topological polar surface area (TPSA) is 70.4 Å². The molecule has 1 amide bonds. The molecule has 1 aromatic rings. The molecule has 1 saturated heterocycles. The predicted molar refractivity (Wildman–Crippen MR) is 107 cm³/mol. The number of carbonyl (C=O) groups excluding carboxylic acids is 2. The van der Waals surface area contributed by atoms with E-state index in [4.69, 9.17) is 4.74 Å². The van der Waals surface area contributed by atoms with Gasteiger partial charge in [0.05, 0.1) is 5.92 Å². The van der Waals surface area contributed by atoms with Crippen molar-refractivity contribution in [3.05, 3.63) is 45.6 Å². The Balaban J connectivity index is 1.89. The molecule has 3 unspecified atom stereocenters. The van der Waals surface area contributed by atoms with Crippen LogP contribution in [0.4, 0.5) is 0 Å². The van der Waals surface area contributed by atoms with E-state index >= 15 is 0 Å². The summed E-state index contributed by atoms with van der Waals surface area (Å²) in [7, 11) is 0. The number of nitriles is 1. The number of ether oxygens (including phenoxy) is 1. The molecule has 1 aliphatic heterocycles. The molecular weight excluding hydrogens is 380 g/mol. The average Bonchev–Trinajstić information content (AvgIpc) is 3.21. The zero-order valence-corrected chi connectivity index (χ0v) is 16.9. The molecule has 2 fully saturated rings. The van der Waals surface area contributed by atoms with Crippen LogP contribution in [0, 0.1) is 17.2 Å². The summed E-state index contributed by atoms with van der Waals surface area (Å²) in [6, 6.07) is 6.16. The Kier molecular flexibility index (Phi) is 6.40. The molecule has 3 atom stereocenters. The monoisotopic (exact) mass is 402 g/mol. The minimum Gasteiger partial charge on any atom is -0.457 e. The van der Waals surface area contributed by atoms with Gasteiger partial charge in [-0.3, -0.25) is 4.79 Å². The van der Waals surface area contributed by atoms with Crippen LogP contribution in [0.15, 0.2) is 40.8 Å². The van der Waals surface area contributed by atoms with Crippen LogP contribution in [-0.4, -0.2) is 35.2 Å². The van der Waals surface area contributed by atoms with Crippen molar-refractivity contribution >= 4 is 35.0 Å². The van der Waals surface area contributed by atoms with E-state index in [1.54, 1.807) is 16.2 Å². The second kappa shape index (κ2) is 8.77. The molecule has 142 valence electrons. The van der Waals surface area contributed by atoms with Gasteiger partial charge in [-0.1, -0.05) is 18.7 Å². The van der Waals surface area contributed by atoms with Gasteiger partial charge in [0.25, 0.3) is 0 Å². The Hall–Kier alpha value is -2.04. The molecule has 0 aromatic carbocycles. The van der Waals surface area contributed by atoms with E-state index in [2.05, 4.69) is 24.1 Å². The summed E-state index contributed by atoms with van der Waals surface area (Å²) >= 11 is 3.24. The number of hydrogen-bond acceptors (Lipinski definition) is 6. The molecule has 0 radical (unpaired) electrons. The van der Waals surface area contributed by atoms with E-state index in [9.17, 15) is 14.9 Å². The number of nitrogens with zero attached hydrogens (tertiary/aromatic N) is 2. The second-order valence-electron chi connectivity index (χ2n) is 6.55. The molecular formula is C20H22N2O3S2. The highest BCUT2D eigenvalue weighted by Crippen LogP contribution is 2.49. The molecule has 2 aliphatic rings. The van der Waals surface area contributed by atoms with Gasteiger partial charge in [0, 0.05) is 16.7 Å². The van der Waals surface area contributed by atoms with E-state index in [0.29, 0.717) is 17.5 Å². The third kappa shape index (κ3) is 3.97. The fraction of sp³-hybridized carbons (Fsp3) is 0.450. The molecule has 1 aliphatic carbocycles. The predicted octanol–water partition coefficient (Wildman–Crippen LogP) is 4.06. The lowest BCUT2D eigenvalue weighted by Crippen LogP contribution is -2.46. The molecule has 1 saturated carbocycles. The average molecular weight is 403 g/mol. The lowest BCUT2D eigenvalue weighted by molar-refractivity contribution is -0.137. The first-order valence-electron chi connectivity index (χ1n) is 9.04. The molecule has 7 heteroatoms. The smallest absolute Gasteiger partial charge is 0.351 e. The Morgan fingerprint density at radius 3 is 2.96 bits per heavy atom. The van der Waals surface area contributed by atoms with Gasteiger partial charge < -0.3 is 9.64 Å². The van der Waals surface area contributed by atoms with Gasteiger partial charge in [-0.2, -0.15) is 5.26 Å². The summed E-state index contributed by atoms with van der Waals surface area (Å²) in [6.07, 6.45) is 4.17. The lowest BCUT2D eigenvalue weighted by atomic mass is 9.80. The van der Waals surface area contributed by atoms with Crippen molar-refractivity contribution in [2.45, 2.75) is 37.4 Å². The van der Waals surface area contributed by atoms with Gasteiger partial charge in [0.2, 0.25) is 5.91 Å². The Labute approximate surface area is 167 Å². The normalized spacial score (nSPS) is 26.7. The summed E-state index contributed by atoms with van der Waals surface area (Å²) < 4.78 is 5.05. The van der Waals surface area contributed by atoms with Gasteiger partial charge in [-0.15, -0.1) is 23.1 Å². The zero-order valence-electron chi connectivity index (χ0n) is 15.2. The number of amides is 1. The second-order valence-corrected chi connectivity index (χ2v) is 8.76. The van der Waals surface area contributed by atoms with Crippen LogP contribution in [0.25, 0.3) is 0 Å². The number of thioether (sulfide) groups is 1. The SMILES string of the molecule is C=CCOC(=O)/C(C#N)=C1\SC2CC(c3cccs3)CCC2C(=O)N1CC. The minimum absolute atomic E-state index is 0.0187. The first-order valence-corrected chi connectivity index (χ1v) is 10.8. The number of rotatable bonds is 5. The van der Waals surface area contributed by atoms with Gasteiger partial charge >= 0.3 is 5.97 Å². The minimum atomic E-state index is -0.699. The van der Waals surface area contributed by atoms with Crippen molar-refractivity contribution in [1.29, 1.82) is 5.26 Å². The van der Waals surface area contributed by atoms with Gasteiger partial charge in [-0.05, 0) is 43.6 Å². The summed E-state index contributed by atoms with van der Waals surface area (Å²) in [5, 5.41) is 12.2. The van der Waals surface area contributed by atoms with E-state index in [-0.39, 0.29) is 29.3 Å². The van der Waals surface area contributed by atoms with E-state index in [0.717, 1.165) is 19.3 Å². The van der Waals surface area contributed by atoms with Crippen LogP contribution in [0.5, 0.6) is 0 Å². The molecule has 2 heterocycles. The maximum absolute atomic E-state index is 13.1. The highest BCUT2D eigenvalue weighted by Gasteiger charge is 2.45. The van der Waals surface area contributed by atoms with Crippen molar-refractivity contribution in [3.63, 3.8) is 0 Å². The summed E-state index contributed by atoms with van der Waals surface area (Å²) in [4.78, 5) is 28.3. The van der Waals surface area contributed by atoms with Crippen molar-refractivity contribution in [2.24, 2.45) is 5.92 Å². The largest absolute Gasteiger partial charge is 0.457 e.